The van der Waals surface area contributed by atoms with Crippen LogP contribution in [0.5, 0.6) is 0 Å². The molecule has 26 heavy (non-hydrogen) atoms. The van der Waals surface area contributed by atoms with E-state index in [0.29, 0.717) is 23.7 Å². The molecular formula is C19H17FN2O3S. The molecule has 0 N–H and O–H groups in total. The maximum Gasteiger partial charge on any atom is 0.306 e. The van der Waals surface area contributed by atoms with Crippen molar-refractivity contribution in [1.29, 1.82) is 0 Å². The molecule has 1 aromatic heterocycles. The van der Waals surface area contributed by atoms with Gasteiger partial charge in [0.1, 0.15) is 12.4 Å². The number of esters is 1. The second-order valence-corrected chi connectivity index (χ2v) is 6.41. The maximum atomic E-state index is 12.9. The number of hydrogen-bond donors (Lipinski definition) is 0. The quantitative estimate of drug-likeness (QED) is 0.456. The number of hydrogen-bond acceptors (Lipinski definition) is 6. The highest BCUT2D eigenvalue weighted by molar-refractivity contribution is 7.98. The summed E-state index contributed by atoms with van der Waals surface area (Å²) in [5.41, 5.74) is 1.59. The number of thioether (sulfide) groups is 1. The molecule has 1 heterocycles. The van der Waals surface area contributed by atoms with Crippen molar-refractivity contribution in [3.05, 3.63) is 65.8 Å². The minimum atomic E-state index is -0.333. The van der Waals surface area contributed by atoms with Crippen LogP contribution in [0.25, 0.3) is 11.4 Å². The first-order valence-electron chi connectivity index (χ1n) is 8.01. The first kappa shape index (κ1) is 18.1. The summed E-state index contributed by atoms with van der Waals surface area (Å²) < 4.78 is 23.3. The maximum absolute atomic E-state index is 12.9. The molecule has 2 aromatic carbocycles. The number of ether oxygens (including phenoxy) is 1. The number of carbonyl (C=O) groups is 1. The van der Waals surface area contributed by atoms with Gasteiger partial charge >= 0.3 is 5.97 Å². The van der Waals surface area contributed by atoms with Gasteiger partial charge in [0, 0.05) is 16.9 Å². The standard InChI is InChI=1S/C19H17FN2O3S/c1-26-16-8-2-13(3-9-16)12-24-18(23)11-10-17-21-19(22-25-17)14-4-6-15(20)7-5-14/h2-9H,10-12H2,1H3. The van der Waals surface area contributed by atoms with E-state index < -0.39 is 0 Å². The Kier molecular flexibility index (Phi) is 6.01. The lowest BCUT2D eigenvalue weighted by Gasteiger charge is -2.04. The summed E-state index contributed by atoms with van der Waals surface area (Å²) in [6.45, 7) is 0.234. The third-order valence-electron chi connectivity index (χ3n) is 3.67. The van der Waals surface area contributed by atoms with Crippen molar-refractivity contribution < 1.29 is 18.4 Å². The fourth-order valence-electron chi connectivity index (χ4n) is 2.24. The number of benzene rings is 2. The largest absolute Gasteiger partial charge is 0.461 e. The Morgan fingerprint density at radius 3 is 2.58 bits per heavy atom. The molecule has 0 fully saturated rings. The van der Waals surface area contributed by atoms with Crippen LogP contribution >= 0.6 is 11.8 Å². The molecule has 3 aromatic rings. The molecule has 0 unspecified atom stereocenters. The van der Waals surface area contributed by atoms with Crippen molar-refractivity contribution in [1.82, 2.24) is 10.1 Å². The predicted octanol–water partition coefficient (Wildman–Crippen LogP) is 4.27. The molecule has 0 saturated heterocycles. The van der Waals surface area contributed by atoms with Crippen LogP contribution in [-0.4, -0.2) is 22.4 Å². The van der Waals surface area contributed by atoms with Gasteiger partial charge in [0.2, 0.25) is 11.7 Å². The van der Waals surface area contributed by atoms with Gasteiger partial charge in [0.05, 0.1) is 6.42 Å². The van der Waals surface area contributed by atoms with E-state index in [0.717, 1.165) is 10.5 Å². The second-order valence-electron chi connectivity index (χ2n) is 5.53. The zero-order valence-electron chi connectivity index (χ0n) is 14.1. The van der Waals surface area contributed by atoms with Gasteiger partial charge in [-0.3, -0.25) is 4.79 Å². The Labute approximate surface area is 154 Å². The molecule has 5 nitrogen and oxygen atoms in total. The minimum absolute atomic E-state index is 0.147. The predicted molar refractivity (Wildman–Crippen MR) is 96.0 cm³/mol. The summed E-state index contributed by atoms with van der Waals surface area (Å²) in [6, 6.07) is 13.6. The van der Waals surface area contributed by atoms with Crippen LogP contribution in [0.4, 0.5) is 4.39 Å². The molecule has 0 radical (unpaired) electrons. The molecule has 0 amide bonds. The Hall–Kier alpha value is -2.67. The molecule has 0 bridgehead atoms. The first-order chi connectivity index (χ1) is 12.6. The lowest BCUT2D eigenvalue weighted by molar-refractivity contribution is -0.145. The molecule has 0 spiro atoms. The highest BCUT2D eigenvalue weighted by atomic mass is 32.2. The van der Waals surface area contributed by atoms with Crippen molar-refractivity contribution in [3.63, 3.8) is 0 Å². The van der Waals surface area contributed by atoms with Crippen LogP contribution in [0.1, 0.15) is 17.9 Å². The van der Waals surface area contributed by atoms with E-state index in [9.17, 15) is 9.18 Å². The van der Waals surface area contributed by atoms with Gasteiger partial charge in [-0.05, 0) is 48.2 Å². The van der Waals surface area contributed by atoms with E-state index >= 15 is 0 Å². The molecule has 7 heteroatoms. The fraction of sp³-hybridized carbons (Fsp3) is 0.211. The number of rotatable bonds is 7. The van der Waals surface area contributed by atoms with Gasteiger partial charge in [-0.2, -0.15) is 4.98 Å². The second kappa shape index (κ2) is 8.62. The SMILES string of the molecule is CSc1ccc(COC(=O)CCc2nc(-c3ccc(F)cc3)no2)cc1. The Morgan fingerprint density at radius 2 is 1.88 bits per heavy atom. The molecule has 0 aliphatic heterocycles. The highest BCUT2D eigenvalue weighted by Gasteiger charge is 2.11. The van der Waals surface area contributed by atoms with Gasteiger partial charge in [0.25, 0.3) is 0 Å². The fourth-order valence-corrected chi connectivity index (χ4v) is 2.65. The van der Waals surface area contributed by atoms with Crippen molar-refractivity contribution in [2.24, 2.45) is 0 Å². The average molecular weight is 372 g/mol. The first-order valence-corrected chi connectivity index (χ1v) is 9.23. The normalized spacial score (nSPS) is 10.7. The minimum Gasteiger partial charge on any atom is -0.461 e. The van der Waals surface area contributed by atoms with E-state index in [2.05, 4.69) is 10.1 Å². The zero-order valence-corrected chi connectivity index (χ0v) is 15.0. The van der Waals surface area contributed by atoms with Gasteiger partial charge in [0.15, 0.2) is 0 Å². The van der Waals surface area contributed by atoms with Gasteiger partial charge in [-0.15, -0.1) is 11.8 Å². The lowest BCUT2D eigenvalue weighted by Crippen LogP contribution is -2.06. The Balaban J connectivity index is 1.47. The van der Waals surface area contributed by atoms with Crippen LogP contribution in [0, 0.1) is 5.82 Å². The average Bonchev–Trinajstić information content (AvgIpc) is 3.14. The number of aryl methyl sites for hydroxylation is 1. The van der Waals surface area contributed by atoms with Crippen LogP contribution in [0.15, 0.2) is 57.9 Å². The highest BCUT2D eigenvalue weighted by Crippen LogP contribution is 2.17. The molecule has 0 saturated carbocycles. The van der Waals surface area contributed by atoms with Crippen LogP contribution in [0.3, 0.4) is 0 Å². The van der Waals surface area contributed by atoms with Gasteiger partial charge in [-0.1, -0.05) is 17.3 Å². The molecular weight excluding hydrogens is 355 g/mol. The van der Waals surface area contributed by atoms with Crippen molar-refractivity contribution >= 4 is 17.7 Å². The lowest BCUT2D eigenvalue weighted by atomic mass is 10.2. The third kappa shape index (κ3) is 4.92. The summed E-state index contributed by atoms with van der Waals surface area (Å²) in [7, 11) is 0. The molecule has 0 aliphatic carbocycles. The zero-order chi connectivity index (χ0) is 18.4. The molecule has 0 aliphatic rings. The van der Waals surface area contributed by atoms with E-state index in [4.69, 9.17) is 9.26 Å². The smallest absolute Gasteiger partial charge is 0.306 e. The van der Waals surface area contributed by atoms with Crippen LogP contribution < -0.4 is 0 Å². The number of halogens is 1. The third-order valence-corrected chi connectivity index (χ3v) is 4.42. The van der Waals surface area contributed by atoms with Crippen molar-refractivity contribution in [2.75, 3.05) is 6.26 Å². The summed E-state index contributed by atoms with van der Waals surface area (Å²) in [6.07, 6.45) is 2.44. The topological polar surface area (TPSA) is 65.2 Å². The number of nitrogens with zero attached hydrogens (tertiary/aromatic N) is 2. The summed E-state index contributed by atoms with van der Waals surface area (Å²) in [5, 5.41) is 3.84. The van der Waals surface area contributed by atoms with E-state index in [1.54, 1.807) is 23.9 Å². The number of aromatic nitrogens is 2. The van der Waals surface area contributed by atoms with Crippen LogP contribution in [0.2, 0.25) is 0 Å². The molecule has 134 valence electrons. The summed E-state index contributed by atoms with van der Waals surface area (Å²) >= 11 is 1.66. The Morgan fingerprint density at radius 1 is 1.15 bits per heavy atom. The Bertz CT molecular complexity index is 863. The summed E-state index contributed by atoms with van der Waals surface area (Å²) in [4.78, 5) is 17.2. The van der Waals surface area contributed by atoms with Crippen molar-refractivity contribution in [3.8, 4) is 11.4 Å². The van der Waals surface area contributed by atoms with Gasteiger partial charge < -0.3 is 9.26 Å². The molecule has 0 atom stereocenters. The monoisotopic (exact) mass is 372 g/mol. The molecule has 3 rings (SSSR count). The summed E-state index contributed by atoms with van der Waals surface area (Å²) in [5.74, 6) is 0.0385. The van der Waals surface area contributed by atoms with E-state index in [1.807, 2.05) is 30.5 Å². The van der Waals surface area contributed by atoms with Crippen LogP contribution in [-0.2, 0) is 22.6 Å². The van der Waals surface area contributed by atoms with Gasteiger partial charge in [-0.25, -0.2) is 4.39 Å². The van der Waals surface area contributed by atoms with Crippen molar-refractivity contribution in [2.45, 2.75) is 24.3 Å². The number of carbonyl (C=O) groups excluding carboxylic acids is 1. The van der Waals surface area contributed by atoms with E-state index in [-0.39, 0.29) is 24.8 Å². The van der Waals surface area contributed by atoms with E-state index in [1.165, 1.54) is 12.1 Å².